The number of carbonyl (C=O) groups is 1. The molecule has 0 bridgehead atoms. The molecule has 16 heteroatoms. The van der Waals surface area contributed by atoms with E-state index in [9.17, 15) is 22.4 Å². The number of nitrogens with one attached hydrogen (secondary N) is 2. The molecule has 1 aromatic carbocycles. The van der Waals surface area contributed by atoms with E-state index in [1.807, 2.05) is 0 Å². The second-order valence-corrected chi connectivity index (χ2v) is 9.14. The minimum absolute atomic E-state index is 0. The molecule has 0 saturated heterocycles. The van der Waals surface area contributed by atoms with E-state index < -0.39 is 23.6 Å². The molecule has 0 radical (unpaired) electrons. The minimum atomic E-state index is -4.65. The van der Waals surface area contributed by atoms with Crippen molar-refractivity contribution in [3.8, 4) is 11.3 Å². The summed E-state index contributed by atoms with van der Waals surface area (Å²) in [5.41, 5.74) is 4.78. The van der Waals surface area contributed by atoms with Gasteiger partial charge in [0.05, 0.1) is 36.2 Å². The summed E-state index contributed by atoms with van der Waals surface area (Å²) < 4.78 is 64.1. The largest absolute Gasteiger partial charge is 0.435 e. The number of nitrogens with zero attached hydrogens (tertiary/aromatic N) is 5. The number of nitrogens with two attached hydrogens (primary N) is 1. The first kappa shape index (κ1) is 32.1. The molecule has 41 heavy (non-hydrogen) atoms. The van der Waals surface area contributed by atoms with Gasteiger partial charge in [-0.25, -0.2) is 14.4 Å². The third-order valence-corrected chi connectivity index (χ3v) is 6.15. The van der Waals surface area contributed by atoms with Crippen LogP contribution in [-0.2, 0) is 17.5 Å². The quantitative estimate of drug-likeness (QED) is 0.167. The third-order valence-electron chi connectivity index (χ3n) is 6.15. The Morgan fingerprint density at radius 3 is 2.63 bits per heavy atom. The summed E-state index contributed by atoms with van der Waals surface area (Å²) in [4.78, 5) is 20.8. The standard InChI is InChI=1S/C25H26F4N8O2.2ClH/c26-19-11-16(3-4-17(19)24(38)32-7-10-39-9-5-30)34-22-23-33-12-20(37(23)8-6-31-22)18-14-36(13-15-1-2-15)35-21(18)25(27,28)29;;/h3-4,6,8,11-12,14-15H,1-2,5,7,9-10,13,30H2,(H,31,34)(H,32,38);2*1H. The summed E-state index contributed by atoms with van der Waals surface area (Å²) in [6, 6.07) is 3.93. The molecule has 0 spiro atoms. The van der Waals surface area contributed by atoms with Gasteiger partial charge in [-0.2, -0.15) is 18.3 Å². The average molecular weight is 619 g/mol. The summed E-state index contributed by atoms with van der Waals surface area (Å²) in [6.45, 7) is 1.59. The van der Waals surface area contributed by atoms with Gasteiger partial charge in [0.2, 0.25) is 0 Å². The van der Waals surface area contributed by atoms with Gasteiger partial charge in [-0.05, 0) is 37.0 Å². The fourth-order valence-corrected chi connectivity index (χ4v) is 4.11. The number of benzene rings is 1. The molecule has 10 nitrogen and oxygen atoms in total. The number of anilines is 2. The van der Waals surface area contributed by atoms with E-state index in [1.54, 1.807) is 0 Å². The van der Waals surface area contributed by atoms with Crippen LogP contribution in [0.15, 0.2) is 43.0 Å². The first-order valence-corrected chi connectivity index (χ1v) is 12.3. The zero-order chi connectivity index (χ0) is 27.6. The summed E-state index contributed by atoms with van der Waals surface area (Å²) in [6.07, 6.45) is 2.90. The lowest BCUT2D eigenvalue weighted by atomic mass is 10.1. The van der Waals surface area contributed by atoms with Gasteiger partial charge in [-0.1, -0.05) is 0 Å². The molecule has 0 atom stereocenters. The highest BCUT2D eigenvalue weighted by Gasteiger charge is 2.39. The van der Waals surface area contributed by atoms with Gasteiger partial charge in [0.15, 0.2) is 17.2 Å². The molecule has 1 aliphatic rings. The van der Waals surface area contributed by atoms with Crippen molar-refractivity contribution < 1.29 is 27.1 Å². The van der Waals surface area contributed by atoms with Gasteiger partial charge >= 0.3 is 6.18 Å². The van der Waals surface area contributed by atoms with E-state index in [1.165, 1.54) is 46.0 Å². The van der Waals surface area contributed by atoms with Crippen molar-refractivity contribution in [1.82, 2.24) is 29.5 Å². The number of alkyl halides is 3. The number of ether oxygens (including phenoxy) is 1. The Labute approximate surface area is 244 Å². The molecule has 3 aromatic heterocycles. The highest BCUT2D eigenvalue weighted by atomic mass is 35.5. The van der Waals surface area contributed by atoms with Crippen molar-refractivity contribution in [2.75, 3.05) is 31.6 Å². The van der Waals surface area contributed by atoms with E-state index in [4.69, 9.17) is 10.5 Å². The van der Waals surface area contributed by atoms with Gasteiger partial charge in [0.25, 0.3) is 5.91 Å². The lowest BCUT2D eigenvalue weighted by Crippen LogP contribution is -2.28. The summed E-state index contributed by atoms with van der Waals surface area (Å²) >= 11 is 0. The molecule has 1 fully saturated rings. The van der Waals surface area contributed by atoms with Crippen LogP contribution in [0, 0.1) is 11.7 Å². The van der Waals surface area contributed by atoms with Crippen LogP contribution >= 0.6 is 24.8 Å². The molecular weight excluding hydrogens is 591 g/mol. The molecule has 1 amide bonds. The predicted octanol–water partition coefficient (Wildman–Crippen LogP) is 4.45. The van der Waals surface area contributed by atoms with Gasteiger partial charge < -0.3 is 21.1 Å². The normalized spacial score (nSPS) is 13.0. The first-order valence-electron chi connectivity index (χ1n) is 12.3. The number of hydrogen-bond acceptors (Lipinski definition) is 7. The van der Waals surface area contributed by atoms with Crippen molar-refractivity contribution in [2.24, 2.45) is 11.7 Å². The van der Waals surface area contributed by atoms with E-state index in [2.05, 4.69) is 25.7 Å². The Morgan fingerprint density at radius 1 is 1.17 bits per heavy atom. The number of hydrogen-bond donors (Lipinski definition) is 3. The van der Waals surface area contributed by atoms with Gasteiger partial charge in [0, 0.05) is 43.9 Å². The van der Waals surface area contributed by atoms with Crippen LogP contribution < -0.4 is 16.4 Å². The average Bonchev–Trinajstić information content (AvgIpc) is 3.42. The summed E-state index contributed by atoms with van der Waals surface area (Å²) in [7, 11) is 0. The maximum Gasteiger partial charge on any atom is 0.435 e. The zero-order valence-corrected chi connectivity index (χ0v) is 23.2. The molecule has 4 aromatic rings. The van der Waals surface area contributed by atoms with Gasteiger partial charge in [0.1, 0.15) is 5.82 Å². The van der Waals surface area contributed by atoms with E-state index >= 15 is 0 Å². The molecule has 4 N–H and O–H groups in total. The van der Waals surface area contributed by atoms with Crippen molar-refractivity contribution in [1.29, 1.82) is 0 Å². The van der Waals surface area contributed by atoms with E-state index in [0.29, 0.717) is 25.6 Å². The van der Waals surface area contributed by atoms with E-state index in [-0.39, 0.29) is 71.9 Å². The predicted molar refractivity (Wildman–Crippen MR) is 148 cm³/mol. The summed E-state index contributed by atoms with van der Waals surface area (Å²) in [5.74, 6) is -0.837. The number of rotatable bonds is 11. The van der Waals surface area contributed by atoms with Crippen LogP contribution in [-0.4, -0.2) is 56.4 Å². The number of aromatic nitrogens is 5. The topological polar surface area (TPSA) is 124 Å². The maximum atomic E-state index is 14.7. The smallest absolute Gasteiger partial charge is 0.378 e. The molecule has 1 aliphatic carbocycles. The summed E-state index contributed by atoms with van der Waals surface area (Å²) in [5, 5.41) is 9.30. The van der Waals surface area contributed by atoms with Gasteiger partial charge in [-0.3, -0.25) is 13.9 Å². The van der Waals surface area contributed by atoms with Crippen LogP contribution in [0.3, 0.4) is 0 Å². The molecule has 0 aliphatic heterocycles. The Hall–Kier alpha value is -3.46. The molecular formula is C25H28Cl2F4N8O2. The highest BCUT2D eigenvalue weighted by molar-refractivity contribution is 5.95. The van der Waals surface area contributed by atoms with Crippen LogP contribution in [0.25, 0.3) is 16.9 Å². The van der Waals surface area contributed by atoms with Gasteiger partial charge in [-0.15, -0.1) is 24.8 Å². The first-order chi connectivity index (χ1) is 18.7. The Bertz CT molecular complexity index is 1490. The Morgan fingerprint density at radius 2 is 1.95 bits per heavy atom. The minimum Gasteiger partial charge on any atom is -0.378 e. The number of halogens is 6. The van der Waals surface area contributed by atoms with Crippen LogP contribution in [0.5, 0.6) is 0 Å². The molecule has 222 valence electrons. The monoisotopic (exact) mass is 618 g/mol. The number of amides is 1. The van der Waals surface area contributed by atoms with Crippen LogP contribution in [0.2, 0.25) is 0 Å². The van der Waals surface area contributed by atoms with Crippen molar-refractivity contribution in [3.05, 3.63) is 60.1 Å². The van der Waals surface area contributed by atoms with Crippen molar-refractivity contribution >= 4 is 47.9 Å². The van der Waals surface area contributed by atoms with Crippen molar-refractivity contribution in [2.45, 2.75) is 25.6 Å². The number of imidazole rings is 1. The lowest BCUT2D eigenvalue weighted by Gasteiger charge is -2.10. The molecule has 5 rings (SSSR count). The SMILES string of the molecule is Cl.Cl.NCCOCCNC(=O)c1ccc(Nc2nccn3c(-c4cn(CC5CC5)nc4C(F)(F)F)cnc23)cc1F. The van der Waals surface area contributed by atoms with Crippen molar-refractivity contribution in [3.63, 3.8) is 0 Å². The fourth-order valence-electron chi connectivity index (χ4n) is 4.11. The second-order valence-electron chi connectivity index (χ2n) is 9.14. The highest BCUT2D eigenvalue weighted by Crippen LogP contribution is 2.38. The second kappa shape index (κ2) is 13.5. The van der Waals surface area contributed by atoms with Crippen LogP contribution in [0.1, 0.15) is 28.9 Å². The number of carbonyl (C=O) groups excluding carboxylic acids is 1. The Balaban J connectivity index is 0.00000231. The maximum absolute atomic E-state index is 14.7. The third kappa shape index (κ3) is 7.44. The Kier molecular flexibility index (Phi) is 10.5. The zero-order valence-electron chi connectivity index (χ0n) is 21.5. The number of fused-ring (bicyclic) bond motifs is 1. The van der Waals surface area contributed by atoms with Crippen LogP contribution in [0.4, 0.5) is 29.1 Å². The molecule has 0 unspecified atom stereocenters. The molecule has 1 saturated carbocycles. The van der Waals surface area contributed by atoms with E-state index in [0.717, 1.165) is 18.9 Å². The fraction of sp³-hybridized carbons (Fsp3) is 0.360. The lowest BCUT2D eigenvalue weighted by molar-refractivity contribution is -0.141. The molecule has 3 heterocycles.